The van der Waals surface area contributed by atoms with E-state index in [1.54, 1.807) is 17.4 Å². The summed E-state index contributed by atoms with van der Waals surface area (Å²) in [5.74, 6) is 0.0208. The molecule has 16 heavy (non-hydrogen) atoms. The molecule has 0 saturated carbocycles. The number of ketones is 1. The summed E-state index contributed by atoms with van der Waals surface area (Å²) in [5.41, 5.74) is 1.76. The molecule has 2 rings (SSSR count). The van der Waals surface area contributed by atoms with E-state index in [1.165, 1.54) is 0 Å². The second-order valence-corrected chi connectivity index (χ2v) is 4.96. The van der Waals surface area contributed by atoms with Gasteiger partial charge in [-0.05, 0) is 40.6 Å². The Bertz CT molecular complexity index is 514. The van der Waals surface area contributed by atoms with Gasteiger partial charge in [-0.25, -0.2) is 0 Å². The second-order valence-electron chi connectivity index (χ2n) is 3.26. The first kappa shape index (κ1) is 11.3. The largest absolute Gasteiger partial charge is 0.289 e. The molecular weight excluding hydrogens is 284 g/mol. The van der Waals surface area contributed by atoms with E-state index >= 15 is 0 Å². The molecule has 0 amide bonds. The van der Waals surface area contributed by atoms with Crippen molar-refractivity contribution in [2.24, 2.45) is 0 Å². The first-order valence-electron chi connectivity index (χ1n) is 4.76. The Hall–Kier alpha value is -1.19. The minimum atomic E-state index is 0.0208. The van der Waals surface area contributed by atoms with Crippen LogP contribution in [-0.2, 0) is 0 Å². The highest BCUT2D eigenvalue weighted by molar-refractivity contribution is 9.10. The zero-order valence-electron chi connectivity index (χ0n) is 8.39. The van der Waals surface area contributed by atoms with E-state index in [0.29, 0.717) is 5.56 Å². The van der Waals surface area contributed by atoms with Crippen LogP contribution in [0.4, 0.5) is 0 Å². The van der Waals surface area contributed by atoms with Crippen molar-refractivity contribution in [3.8, 4) is 0 Å². The Kier molecular flexibility index (Phi) is 3.70. The molecule has 0 saturated heterocycles. The van der Waals surface area contributed by atoms with Gasteiger partial charge in [0.2, 0.25) is 0 Å². The predicted molar refractivity (Wildman–Crippen MR) is 71.8 cm³/mol. The lowest BCUT2D eigenvalue weighted by atomic mass is 10.1. The van der Waals surface area contributed by atoms with Gasteiger partial charge in [0.15, 0.2) is 5.78 Å². The van der Waals surface area contributed by atoms with E-state index in [4.69, 9.17) is 0 Å². The normalized spacial score (nSPS) is 10.8. The molecule has 1 aromatic heterocycles. The highest BCUT2D eigenvalue weighted by atomic mass is 79.9. The van der Waals surface area contributed by atoms with E-state index < -0.39 is 0 Å². The number of halogens is 1. The van der Waals surface area contributed by atoms with Crippen molar-refractivity contribution in [3.63, 3.8) is 0 Å². The summed E-state index contributed by atoms with van der Waals surface area (Å²) < 4.78 is 0.919. The minimum absolute atomic E-state index is 0.0208. The maximum atomic E-state index is 11.8. The Morgan fingerprint density at radius 2 is 2.19 bits per heavy atom. The summed E-state index contributed by atoms with van der Waals surface area (Å²) in [6, 6.07) is 9.37. The van der Waals surface area contributed by atoms with Crippen LogP contribution in [-0.4, -0.2) is 5.78 Å². The smallest absolute Gasteiger partial charge is 0.185 e. The lowest BCUT2D eigenvalue weighted by molar-refractivity contribution is 0.104. The average molecular weight is 293 g/mol. The summed E-state index contributed by atoms with van der Waals surface area (Å²) in [7, 11) is 0. The van der Waals surface area contributed by atoms with Gasteiger partial charge in [0.05, 0.1) is 0 Å². The van der Waals surface area contributed by atoms with Crippen molar-refractivity contribution in [1.29, 1.82) is 0 Å². The fourth-order valence-electron chi connectivity index (χ4n) is 1.28. The molecule has 2 aromatic rings. The van der Waals surface area contributed by atoms with Crippen molar-refractivity contribution < 1.29 is 4.79 Å². The second kappa shape index (κ2) is 5.23. The summed E-state index contributed by atoms with van der Waals surface area (Å²) in [4.78, 5) is 11.8. The van der Waals surface area contributed by atoms with Crippen LogP contribution in [0.2, 0.25) is 0 Å². The Morgan fingerprint density at radius 1 is 1.31 bits per heavy atom. The third-order valence-electron chi connectivity index (χ3n) is 2.08. The van der Waals surface area contributed by atoms with Gasteiger partial charge in [0.1, 0.15) is 0 Å². The lowest BCUT2D eigenvalue weighted by Crippen LogP contribution is -1.93. The zero-order valence-corrected chi connectivity index (χ0v) is 10.8. The highest BCUT2D eigenvalue weighted by Gasteiger charge is 2.01. The number of thiophene rings is 1. The number of rotatable bonds is 3. The molecule has 80 valence electrons. The number of carbonyl (C=O) groups excluding carboxylic acids is 1. The van der Waals surface area contributed by atoms with Gasteiger partial charge in [0, 0.05) is 10.0 Å². The maximum absolute atomic E-state index is 11.8. The van der Waals surface area contributed by atoms with Gasteiger partial charge in [-0.15, -0.1) is 0 Å². The molecule has 0 unspecified atom stereocenters. The van der Waals surface area contributed by atoms with Crippen molar-refractivity contribution in [1.82, 2.24) is 0 Å². The standard InChI is InChI=1S/C13H9BrOS/c14-12-3-1-2-11(8-12)13(15)5-4-10-6-7-16-9-10/h1-9H. The monoisotopic (exact) mass is 292 g/mol. The van der Waals surface area contributed by atoms with Crippen LogP contribution in [0.1, 0.15) is 15.9 Å². The topological polar surface area (TPSA) is 17.1 Å². The summed E-state index contributed by atoms with van der Waals surface area (Å²) >= 11 is 4.97. The fourth-order valence-corrected chi connectivity index (χ4v) is 2.31. The molecule has 1 nitrogen and oxygen atoms in total. The number of hydrogen-bond acceptors (Lipinski definition) is 2. The Labute approximate surface area is 107 Å². The summed E-state index contributed by atoms with van der Waals surface area (Å²) in [6.45, 7) is 0. The molecule has 3 heteroatoms. The van der Waals surface area contributed by atoms with Gasteiger partial charge in [-0.2, -0.15) is 11.3 Å². The number of hydrogen-bond donors (Lipinski definition) is 0. The highest BCUT2D eigenvalue weighted by Crippen LogP contribution is 2.13. The van der Waals surface area contributed by atoms with Gasteiger partial charge < -0.3 is 0 Å². The van der Waals surface area contributed by atoms with E-state index in [1.807, 2.05) is 47.2 Å². The molecule has 1 heterocycles. The number of allylic oxidation sites excluding steroid dienone is 1. The SMILES string of the molecule is O=C(C=Cc1ccsc1)c1cccc(Br)c1. The summed E-state index contributed by atoms with van der Waals surface area (Å²) in [6.07, 6.45) is 3.43. The molecule has 0 atom stereocenters. The quantitative estimate of drug-likeness (QED) is 0.605. The van der Waals surface area contributed by atoms with Crippen molar-refractivity contribution in [2.75, 3.05) is 0 Å². The van der Waals surface area contributed by atoms with Crippen LogP contribution in [0.25, 0.3) is 6.08 Å². The van der Waals surface area contributed by atoms with E-state index in [9.17, 15) is 4.79 Å². The van der Waals surface area contributed by atoms with Crippen LogP contribution in [0, 0.1) is 0 Å². The van der Waals surface area contributed by atoms with Gasteiger partial charge >= 0.3 is 0 Å². The molecule has 1 aromatic carbocycles. The molecule has 0 bridgehead atoms. The Morgan fingerprint density at radius 3 is 2.88 bits per heavy atom. The predicted octanol–water partition coefficient (Wildman–Crippen LogP) is 4.41. The first-order chi connectivity index (χ1) is 7.75. The van der Waals surface area contributed by atoms with E-state index in [2.05, 4.69) is 15.9 Å². The molecule has 0 N–H and O–H groups in total. The molecule has 0 radical (unpaired) electrons. The molecule has 0 aliphatic rings. The number of carbonyl (C=O) groups is 1. The van der Waals surface area contributed by atoms with Gasteiger partial charge in [-0.3, -0.25) is 4.79 Å². The van der Waals surface area contributed by atoms with Crippen LogP contribution in [0.3, 0.4) is 0 Å². The zero-order chi connectivity index (χ0) is 11.4. The first-order valence-corrected chi connectivity index (χ1v) is 6.49. The number of benzene rings is 1. The van der Waals surface area contributed by atoms with Crippen molar-refractivity contribution in [2.45, 2.75) is 0 Å². The van der Waals surface area contributed by atoms with Crippen LogP contribution >= 0.6 is 27.3 Å². The van der Waals surface area contributed by atoms with Gasteiger partial charge in [0.25, 0.3) is 0 Å². The van der Waals surface area contributed by atoms with E-state index in [-0.39, 0.29) is 5.78 Å². The van der Waals surface area contributed by atoms with Crippen molar-refractivity contribution >= 4 is 39.1 Å². The lowest BCUT2D eigenvalue weighted by Gasteiger charge is -1.95. The fraction of sp³-hybridized carbons (Fsp3) is 0. The minimum Gasteiger partial charge on any atom is -0.289 e. The molecular formula is C13H9BrOS. The maximum Gasteiger partial charge on any atom is 0.185 e. The van der Waals surface area contributed by atoms with E-state index in [0.717, 1.165) is 10.0 Å². The molecule has 0 fully saturated rings. The van der Waals surface area contributed by atoms with Crippen LogP contribution in [0.15, 0.2) is 51.6 Å². The molecule has 0 spiro atoms. The average Bonchev–Trinajstić information content (AvgIpc) is 2.78. The molecule has 0 aliphatic carbocycles. The molecule has 0 aliphatic heterocycles. The third-order valence-corrected chi connectivity index (χ3v) is 3.27. The Balaban J connectivity index is 2.15. The van der Waals surface area contributed by atoms with Crippen LogP contribution in [0.5, 0.6) is 0 Å². The third kappa shape index (κ3) is 2.90. The summed E-state index contributed by atoms with van der Waals surface area (Å²) in [5, 5.41) is 3.99. The van der Waals surface area contributed by atoms with Crippen LogP contribution < -0.4 is 0 Å². The van der Waals surface area contributed by atoms with Crippen molar-refractivity contribution in [3.05, 3.63) is 62.8 Å². The van der Waals surface area contributed by atoms with Gasteiger partial charge in [-0.1, -0.05) is 34.1 Å².